The first-order valence-electron chi connectivity index (χ1n) is 6.03. The SMILES string of the molecule is O=[N+]([O-])c1ccccc1-c1nnc(S(=O)(=O)Cl)n1C1CC1. The number of nitrogens with zero attached hydrogens (tertiary/aromatic N) is 4. The summed E-state index contributed by atoms with van der Waals surface area (Å²) in [6.07, 6.45) is 1.51. The smallest absolute Gasteiger partial charge is 0.293 e. The molecule has 110 valence electrons. The molecule has 1 heterocycles. The van der Waals surface area contributed by atoms with Gasteiger partial charge in [0.2, 0.25) is 0 Å². The highest BCUT2D eigenvalue weighted by atomic mass is 35.7. The summed E-state index contributed by atoms with van der Waals surface area (Å²) in [5.74, 6) is 0.143. The van der Waals surface area contributed by atoms with Crippen LogP contribution in [0.3, 0.4) is 0 Å². The molecule has 0 unspecified atom stereocenters. The number of hydrogen-bond donors (Lipinski definition) is 0. The molecule has 8 nitrogen and oxygen atoms in total. The summed E-state index contributed by atoms with van der Waals surface area (Å²) in [7, 11) is 1.29. The number of nitro benzene ring substituents is 1. The van der Waals surface area contributed by atoms with Crippen LogP contribution in [0.4, 0.5) is 5.69 Å². The van der Waals surface area contributed by atoms with Crippen LogP contribution in [-0.4, -0.2) is 28.1 Å². The zero-order chi connectivity index (χ0) is 15.2. The van der Waals surface area contributed by atoms with E-state index in [0.29, 0.717) is 0 Å². The zero-order valence-electron chi connectivity index (χ0n) is 10.5. The van der Waals surface area contributed by atoms with Crippen molar-refractivity contribution in [3.05, 3.63) is 34.4 Å². The van der Waals surface area contributed by atoms with Gasteiger partial charge in [-0.3, -0.25) is 14.7 Å². The Kier molecular flexibility index (Phi) is 3.18. The fourth-order valence-corrected chi connectivity index (χ4v) is 3.04. The molecule has 0 spiro atoms. The molecule has 0 bridgehead atoms. The molecule has 1 fully saturated rings. The highest BCUT2D eigenvalue weighted by Crippen LogP contribution is 2.41. The zero-order valence-corrected chi connectivity index (χ0v) is 12.1. The molecule has 0 aliphatic heterocycles. The lowest BCUT2D eigenvalue weighted by atomic mass is 10.1. The van der Waals surface area contributed by atoms with Gasteiger partial charge in [-0.1, -0.05) is 12.1 Å². The van der Waals surface area contributed by atoms with E-state index in [4.69, 9.17) is 10.7 Å². The Bertz CT molecular complexity index is 828. The molecule has 3 rings (SSSR count). The Morgan fingerprint density at radius 1 is 1.29 bits per heavy atom. The Morgan fingerprint density at radius 2 is 1.95 bits per heavy atom. The van der Waals surface area contributed by atoms with E-state index in [-0.39, 0.29) is 28.3 Å². The van der Waals surface area contributed by atoms with Gasteiger partial charge >= 0.3 is 0 Å². The molecule has 21 heavy (non-hydrogen) atoms. The van der Waals surface area contributed by atoms with Crippen LogP contribution in [0.1, 0.15) is 18.9 Å². The van der Waals surface area contributed by atoms with E-state index >= 15 is 0 Å². The normalized spacial score (nSPS) is 15.1. The second-order valence-electron chi connectivity index (χ2n) is 4.62. The van der Waals surface area contributed by atoms with Crippen LogP contribution in [0.25, 0.3) is 11.4 Å². The fraction of sp³-hybridized carbons (Fsp3) is 0.273. The molecule has 1 saturated carbocycles. The average molecular weight is 329 g/mol. The number of rotatable bonds is 4. The maximum atomic E-state index is 11.6. The van der Waals surface area contributed by atoms with Crippen LogP contribution < -0.4 is 0 Å². The Morgan fingerprint density at radius 3 is 2.52 bits per heavy atom. The molecule has 1 aromatic heterocycles. The van der Waals surface area contributed by atoms with Gasteiger partial charge in [-0.25, -0.2) is 8.42 Å². The van der Waals surface area contributed by atoms with Gasteiger partial charge in [0.25, 0.3) is 19.9 Å². The molecular weight excluding hydrogens is 320 g/mol. The number of para-hydroxylation sites is 1. The van der Waals surface area contributed by atoms with E-state index in [1.54, 1.807) is 6.07 Å². The van der Waals surface area contributed by atoms with Crippen molar-refractivity contribution in [3.63, 3.8) is 0 Å². The lowest BCUT2D eigenvalue weighted by Gasteiger charge is -2.07. The first-order chi connectivity index (χ1) is 9.89. The topological polar surface area (TPSA) is 108 Å². The van der Waals surface area contributed by atoms with Crippen molar-refractivity contribution < 1.29 is 13.3 Å². The standard InChI is InChI=1S/C11H9ClN4O4S/c12-21(19,20)11-14-13-10(15(11)7-5-6-7)8-3-1-2-4-9(8)16(17)18/h1-4,7H,5-6H2. The van der Waals surface area contributed by atoms with Gasteiger partial charge in [0.1, 0.15) is 0 Å². The Labute approximate surface area is 123 Å². The summed E-state index contributed by atoms with van der Waals surface area (Å²) in [6, 6.07) is 5.88. The molecule has 1 aliphatic carbocycles. The summed E-state index contributed by atoms with van der Waals surface area (Å²) < 4.78 is 24.5. The highest BCUT2D eigenvalue weighted by molar-refractivity contribution is 8.13. The fourth-order valence-electron chi connectivity index (χ4n) is 2.11. The molecule has 0 N–H and O–H groups in total. The van der Waals surface area contributed by atoms with E-state index in [1.807, 2.05) is 0 Å². The number of aromatic nitrogens is 3. The van der Waals surface area contributed by atoms with Crippen molar-refractivity contribution in [2.24, 2.45) is 0 Å². The van der Waals surface area contributed by atoms with Crippen molar-refractivity contribution in [3.8, 4) is 11.4 Å². The van der Waals surface area contributed by atoms with Crippen LogP contribution >= 0.6 is 10.7 Å². The number of hydrogen-bond acceptors (Lipinski definition) is 6. The summed E-state index contributed by atoms with van der Waals surface area (Å²) in [4.78, 5) is 10.6. The van der Waals surface area contributed by atoms with Crippen LogP contribution in [0, 0.1) is 10.1 Å². The maximum Gasteiger partial charge on any atom is 0.296 e. The monoisotopic (exact) mass is 328 g/mol. The number of nitro groups is 1. The van der Waals surface area contributed by atoms with Crippen molar-refractivity contribution in [1.82, 2.24) is 14.8 Å². The molecular formula is C11H9ClN4O4S. The summed E-state index contributed by atoms with van der Waals surface area (Å²) in [5, 5.41) is 18.1. The van der Waals surface area contributed by atoms with E-state index in [1.165, 1.54) is 22.8 Å². The van der Waals surface area contributed by atoms with Gasteiger partial charge in [-0.15, -0.1) is 10.2 Å². The molecule has 2 aromatic rings. The summed E-state index contributed by atoms with van der Waals surface area (Å²) >= 11 is 0. The Balaban J connectivity index is 2.25. The first-order valence-corrected chi connectivity index (χ1v) is 8.34. The first kappa shape index (κ1) is 14.0. The van der Waals surface area contributed by atoms with E-state index in [0.717, 1.165) is 12.8 Å². The molecule has 0 amide bonds. The second kappa shape index (κ2) is 4.78. The molecule has 0 saturated heterocycles. The predicted molar refractivity (Wildman–Crippen MR) is 73.4 cm³/mol. The molecule has 1 aromatic carbocycles. The lowest BCUT2D eigenvalue weighted by molar-refractivity contribution is -0.384. The minimum Gasteiger partial charge on any atom is -0.293 e. The quantitative estimate of drug-likeness (QED) is 0.483. The van der Waals surface area contributed by atoms with Crippen LogP contribution in [0.15, 0.2) is 29.4 Å². The number of halogens is 1. The average Bonchev–Trinajstić information content (AvgIpc) is 3.15. The largest absolute Gasteiger partial charge is 0.296 e. The van der Waals surface area contributed by atoms with Crippen molar-refractivity contribution in [1.29, 1.82) is 0 Å². The summed E-state index contributed by atoms with van der Waals surface area (Å²) in [5.41, 5.74) is 0.0544. The van der Waals surface area contributed by atoms with Gasteiger partial charge in [0.15, 0.2) is 5.82 Å². The lowest BCUT2D eigenvalue weighted by Crippen LogP contribution is -2.06. The van der Waals surface area contributed by atoms with E-state index < -0.39 is 14.0 Å². The van der Waals surface area contributed by atoms with Crippen molar-refractivity contribution in [2.45, 2.75) is 24.0 Å². The van der Waals surface area contributed by atoms with Crippen molar-refractivity contribution in [2.75, 3.05) is 0 Å². The third-order valence-corrected chi connectivity index (χ3v) is 4.26. The molecule has 0 atom stereocenters. The van der Waals surface area contributed by atoms with Crippen LogP contribution in [-0.2, 0) is 9.05 Å². The minimum atomic E-state index is -4.07. The second-order valence-corrected chi connectivity index (χ2v) is 7.08. The highest BCUT2D eigenvalue weighted by Gasteiger charge is 2.35. The van der Waals surface area contributed by atoms with Gasteiger partial charge < -0.3 is 0 Å². The van der Waals surface area contributed by atoms with Crippen molar-refractivity contribution >= 4 is 25.4 Å². The van der Waals surface area contributed by atoms with E-state index in [9.17, 15) is 18.5 Å². The van der Waals surface area contributed by atoms with Gasteiger partial charge in [-0.2, -0.15) is 0 Å². The van der Waals surface area contributed by atoms with Gasteiger partial charge in [-0.05, 0) is 18.9 Å². The van der Waals surface area contributed by atoms with E-state index in [2.05, 4.69) is 10.2 Å². The van der Waals surface area contributed by atoms with Crippen LogP contribution in [0.5, 0.6) is 0 Å². The van der Waals surface area contributed by atoms with Crippen LogP contribution in [0.2, 0.25) is 0 Å². The predicted octanol–water partition coefficient (Wildman–Crippen LogP) is 2.12. The number of benzene rings is 1. The summed E-state index contributed by atoms with van der Waals surface area (Å²) in [6.45, 7) is 0. The van der Waals surface area contributed by atoms with Gasteiger partial charge in [0.05, 0.1) is 10.5 Å². The maximum absolute atomic E-state index is 11.6. The minimum absolute atomic E-state index is 0.0988. The molecule has 10 heteroatoms. The third kappa shape index (κ3) is 2.49. The molecule has 0 radical (unpaired) electrons. The Hall–Kier alpha value is -2.00. The molecule has 1 aliphatic rings. The third-order valence-electron chi connectivity index (χ3n) is 3.14. The van der Waals surface area contributed by atoms with Gasteiger partial charge in [0, 0.05) is 22.8 Å².